The van der Waals surface area contributed by atoms with Crippen LogP contribution in [0.2, 0.25) is 0 Å². The molecule has 0 aliphatic heterocycles. The number of carbonyl (C=O) groups is 2. The molecular weight excluding hydrogens is 244 g/mol. The number of aliphatic hydroxyl groups excluding tert-OH is 1. The molecule has 1 atom stereocenters. The molecule has 0 saturated carbocycles. The van der Waals surface area contributed by atoms with E-state index in [0.29, 0.717) is 24.2 Å². The van der Waals surface area contributed by atoms with Gasteiger partial charge in [0, 0.05) is 30.8 Å². The van der Waals surface area contributed by atoms with Crippen LogP contribution < -0.4 is 10.6 Å². The molecule has 0 radical (unpaired) electrons. The fraction of sp³-hybridized carbons (Fsp3) is 0.429. The van der Waals surface area contributed by atoms with Gasteiger partial charge in [-0.15, -0.1) is 0 Å². The number of nitrogens with one attached hydrogen (secondary N) is 2. The molecule has 5 heteroatoms. The number of hydrogen-bond acceptors (Lipinski definition) is 3. The molecule has 0 bridgehead atoms. The molecule has 0 fully saturated rings. The van der Waals surface area contributed by atoms with Crippen molar-refractivity contribution in [3.8, 4) is 0 Å². The van der Waals surface area contributed by atoms with Crippen LogP contribution in [0.1, 0.15) is 30.6 Å². The van der Waals surface area contributed by atoms with Gasteiger partial charge in [0.2, 0.25) is 5.91 Å². The Labute approximate surface area is 113 Å². The van der Waals surface area contributed by atoms with Crippen molar-refractivity contribution < 1.29 is 14.7 Å². The third-order valence-electron chi connectivity index (χ3n) is 2.65. The fourth-order valence-corrected chi connectivity index (χ4v) is 1.42. The highest BCUT2D eigenvalue weighted by molar-refractivity contribution is 5.97. The Bertz CT molecular complexity index is 446. The van der Waals surface area contributed by atoms with Gasteiger partial charge in [0.05, 0.1) is 0 Å². The molecule has 1 unspecified atom stereocenters. The minimum atomic E-state index is -0.215. The second kappa shape index (κ2) is 7.53. The van der Waals surface area contributed by atoms with Crippen molar-refractivity contribution in [3.05, 3.63) is 29.8 Å². The van der Waals surface area contributed by atoms with Crippen LogP contribution in [0.25, 0.3) is 0 Å². The quantitative estimate of drug-likeness (QED) is 0.726. The number of amides is 2. The van der Waals surface area contributed by atoms with Gasteiger partial charge in [0.25, 0.3) is 5.91 Å². The fourth-order valence-electron chi connectivity index (χ4n) is 1.42. The van der Waals surface area contributed by atoms with E-state index in [9.17, 15) is 9.59 Å². The molecule has 3 N–H and O–H groups in total. The van der Waals surface area contributed by atoms with Gasteiger partial charge < -0.3 is 15.7 Å². The Hall–Kier alpha value is -1.88. The van der Waals surface area contributed by atoms with Gasteiger partial charge in [-0.05, 0) is 24.1 Å². The van der Waals surface area contributed by atoms with Gasteiger partial charge in [-0.2, -0.15) is 0 Å². The average Bonchev–Trinajstić information content (AvgIpc) is 2.44. The van der Waals surface area contributed by atoms with E-state index in [2.05, 4.69) is 10.6 Å². The van der Waals surface area contributed by atoms with Crippen LogP contribution in [0.3, 0.4) is 0 Å². The molecule has 5 nitrogen and oxygen atoms in total. The highest BCUT2D eigenvalue weighted by Crippen LogP contribution is 2.11. The predicted molar refractivity (Wildman–Crippen MR) is 73.9 cm³/mol. The second-order valence-corrected chi connectivity index (χ2v) is 4.48. The van der Waals surface area contributed by atoms with Crippen LogP contribution in [0, 0.1) is 5.92 Å². The van der Waals surface area contributed by atoms with Crippen molar-refractivity contribution in [2.24, 2.45) is 5.92 Å². The van der Waals surface area contributed by atoms with Crippen LogP contribution >= 0.6 is 0 Å². The van der Waals surface area contributed by atoms with Gasteiger partial charge in [0.1, 0.15) is 0 Å². The maximum Gasteiger partial charge on any atom is 0.251 e. The topological polar surface area (TPSA) is 78.4 Å². The molecule has 0 aliphatic carbocycles. The number of hydrogen-bond donors (Lipinski definition) is 3. The van der Waals surface area contributed by atoms with Gasteiger partial charge in [-0.3, -0.25) is 9.59 Å². The van der Waals surface area contributed by atoms with E-state index < -0.39 is 0 Å². The summed E-state index contributed by atoms with van der Waals surface area (Å²) in [6, 6.07) is 6.77. The number of aliphatic hydroxyl groups is 1. The first-order valence-corrected chi connectivity index (χ1v) is 6.35. The Morgan fingerprint density at radius 2 is 2.11 bits per heavy atom. The van der Waals surface area contributed by atoms with Crippen LogP contribution in [0.15, 0.2) is 24.3 Å². The van der Waals surface area contributed by atoms with Crippen LogP contribution in [-0.2, 0) is 4.79 Å². The molecule has 1 aromatic rings. The number of carbonyl (C=O) groups excluding carboxylic acids is 2. The summed E-state index contributed by atoms with van der Waals surface area (Å²) >= 11 is 0. The van der Waals surface area contributed by atoms with Gasteiger partial charge >= 0.3 is 0 Å². The Morgan fingerprint density at radius 1 is 1.37 bits per heavy atom. The van der Waals surface area contributed by atoms with Gasteiger partial charge in [-0.25, -0.2) is 0 Å². The number of rotatable bonds is 6. The first-order chi connectivity index (χ1) is 9.06. The molecule has 2 amide bonds. The highest BCUT2D eigenvalue weighted by Gasteiger charge is 2.08. The third kappa shape index (κ3) is 5.09. The van der Waals surface area contributed by atoms with Crippen LogP contribution in [0.5, 0.6) is 0 Å². The minimum Gasteiger partial charge on any atom is -0.396 e. The summed E-state index contributed by atoms with van der Waals surface area (Å²) in [7, 11) is 0. The van der Waals surface area contributed by atoms with Gasteiger partial charge in [0.15, 0.2) is 0 Å². The van der Waals surface area contributed by atoms with Crippen molar-refractivity contribution in [3.63, 3.8) is 0 Å². The normalized spacial score (nSPS) is 11.7. The molecule has 1 rings (SSSR count). The zero-order valence-electron chi connectivity index (χ0n) is 11.3. The summed E-state index contributed by atoms with van der Waals surface area (Å²) in [6.07, 6.45) is 0.393. The maximum atomic E-state index is 11.9. The van der Waals surface area contributed by atoms with Crippen molar-refractivity contribution in [1.29, 1.82) is 0 Å². The maximum absolute atomic E-state index is 11.9. The highest BCUT2D eigenvalue weighted by atomic mass is 16.3. The minimum absolute atomic E-state index is 0.0203. The largest absolute Gasteiger partial charge is 0.396 e. The Morgan fingerprint density at radius 3 is 2.74 bits per heavy atom. The Kier molecular flexibility index (Phi) is 6.02. The summed E-state index contributed by atoms with van der Waals surface area (Å²) in [5.41, 5.74) is 1.09. The molecule has 0 aliphatic rings. The van der Waals surface area contributed by atoms with E-state index >= 15 is 0 Å². The lowest BCUT2D eigenvalue weighted by molar-refractivity contribution is -0.115. The monoisotopic (exact) mass is 264 g/mol. The zero-order valence-corrected chi connectivity index (χ0v) is 11.3. The first kappa shape index (κ1) is 15.2. The van der Waals surface area contributed by atoms with E-state index in [-0.39, 0.29) is 24.3 Å². The molecule has 1 aromatic carbocycles. The molecule has 104 valence electrons. The predicted octanol–water partition coefficient (Wildman–Crippen LogP) is 1.39. The third-order valence-corrected chi connectivity index (χ3v) is 2.65. The Balaban J connectivity index is 2.65. The summed E-state index contributed by atoms with van der Waals surface area (Å²) < 4.78 is 0. The van der Waals surface area contributed by atoms with Gasteiger partial charge in [-0.1, -0.05) is 19.9 Å². The molecular formula is C14H20N2O3. The standard InChI is InChI=1S/C14H20N2O3/c1-3-13(18)16-12-6-4-5-11(7-12)14(19)15-8-10(2)9-17/h4-7,10,17H,3,8-9H2,1-2H3,(H,15,19)(H,16,18). The molecule has 0 aromatic heterocycles. The second-order valence-electron chi connectivity index (χ2n) is 4.48. The molecule has 0 saturated heterocycles. The van der Waals surface area contributed by atoms with E-state index in [1.165, 1.54) is 0 Å². The van der Waals surface area contributed by atoms with E-state index in [4.69, 9.17) is 5.11 Å². The van der Waals surface area contributed by atoms with E-state index in [1.54, 1.807) is 31.2 Å². The lowest BCUT2D eigenvalue weighted by Crippen LogP contribution is -2.29. The van der Waals surface area contributed by atoms with Crippen molar-refractivity contribution >= 4 is 17.5 Å². The summed E-state index contributed by atoms with van der Waals surface area (Å²) in [5, 5.41) is 14.3. The number of benzene rings is 1. The summed E-state index contributed by atoms with van der Waals surface area (Å²) in [5.74, 6) is -0.286. The zero-order chi connectivity index (χ0) is 14.3. The average molecular weight is 264 g/mol. The SMILES string of the molecule is CCC(=O)Nc1cccc(C(=O)NCC(C)CO)c1. The smallest absolute Gasteiger partial charge is 0.251 e. The summed E-state index contributed by atoms with van der Waals surface area (Å²) in [6.45, 7) is 4.06. The first-order valence-electron chi connectivity index (χ1n) is 6.35. The van der Waals surface area contributed by atoms with Crippen molar-refractivity contribution in [2.45, 2.75) is 20.3 Å². The molecule has 19 heavy (non-hydrogen) atoms. The summed E-state index contributed by atoms with van der Waals surface area (Å²) in [4.78, 5) is 23.1. The lowest BCUT2D eigenvalue weighted by atomic mass is 10.1. The lowest BCUT2D eigenvalue weighted by Gasteiger charge is -2.10. The van der Waals surface area contributed by atoms with Crippen molar-refractivity contribution in [1.82, 2.24) is 5.32 Å². The van der Waals surface area contributed by atoms with E-state index in [0.717, 1.165) is 0 Å². The molecule has 0 spiro atoms. The van der Waals surface area contributed by atoms with E-state index in [1.807, 2.05) is 6.92 Å². The number of anilines is 1. The van der Waals surface area contributed by atoms with Crippen molar-refractivity contribution in [2.75, 3.05) is 18.5 Å². The van der Waals surface area contributed by atoms with Crippen LogP contribution in [0.4, 0.5) is 5.69 Å². The van der Waals surface area contributed by atoms with Crippen LogP contribution in [-0.4, -0.2) is 30.1 Å². The molecule has 0 heterocycles.